The fraction of sp³-hybridized carbons (Fsp3) is 0.667. The Morgan fingerprint density at radius 3 is 2.70 bits per heavy atom. The molecule has 0 amide bonds. The molecule has 0 aromatic carbocycles. The van der Waals surface area contributed by atoms with Gasteiger partial charge in [0.1, 0.15) is 0 Å². The summed E-state index contributed by atoms with van der Waals surface area (Å²) in [5.41, 5.74) is -1.33. The number of carbonyl (C=O) groups excluding carboxylic acids is 2. The zero-order chi connectivity index (χ0) is 7.61. The van der Waals surface area contributed by atoms with Crippen molar-refractivity contribution in [2.75, 3.05) is 13.2 Å². The minimum absolute atomic E-state index is 0.292. The van der Waals surface area contributed by atoms with E-state index in [4.69, 9.17) is 4.74 Å². The van der Waals surface area contributed by atoms with Crippen molar-refractivity contribution in [1.29, 1.82) is 0 Å². The number of Topliss-reactive ketones (excluding diaryl/α,β-unsaturated/α-hetero) is 1. The molecule has 1 N–H and O–H groups in total. The molecule has 0 aromatic heterocycles. The van der Waals surface area contributed by atoms with Crippen LogP contribution in [0.15, 0.2) is 0 Å². The van der Waals surface area contributed by atoms with E-state index in [1.54, 1.807) is 0 Å². The van der Waals surface area contributed by atoms with Crippen LogP contribution in [0.4, 0.5) is 0 Å². The van der Waals surface area contributed by atoms with Gasteiger partial charge in [0, 0.05) is 6.54 Å². The van der Waals surface area contributed by atoms with Gasteiger partial charge in [-0.15, -0.1) is 0 Å². The first-order chi connectivity index (χ1) is 4.71. The number of aldehydes is 1. The molecule has 4 heteroatoms. The van der Waals surface area contributed by atoms with Gasteiger partial charge in [0.2, 0.25) is 5.72 Å². The molecule has 0 aliphatic carbocycles. The van der Waals surface area contributed by atoms with Crippen LogP contribution in [0.1, 0.15) is 6.92 Å². The molecule has 0 bridgehead atoms. The largest absolute Gasteiger partial charge is 0.346 e. The van der Waals surface area contributed by atoms with E-state index in [-0.39, 0.29) is 5.78 Å². The molecule has 4 nitrogen and oxygen atoms in total. The van der Waals surface area contributed by atoms with Crippen LogP contribution in [-0.4, -0.2) is 30.9 Å². The van der Waals surface area contributed by atoms with Crippen LogP contribution in [-0.2, 0) is 14.3 Å². The summed E-state index contributed by atoms with van der Waals surface area (Å²) in [6, 6.07) is 0. The molecule has 56 valence electrons. The lowest BCUT2D eigenvalue weighted by Crippen LogP contribution is -2.49. The van der Waals surface area contributed by atoms with Gasteiger partial charge in [-0.2, -0.15) is 0 Å². The summed E-state index contributed by atoms with van der Waals surface area (Å²) in [5.74, 6) is -0.292. The van der Waals surface area contributed by atoms with Crippen molar-refractivity contribution in [2.24, 2.45) is 0 Å². The van der Waals surface area contributed by atoms with Gasteiger partial charge in [-0.3, -0.25) is 14.9 Å². The summed E-state index contributed by atoms with van der Waals surface area (Å²) in [6.45, 7) is 2.30. The summed E-state index contributed by atoms with van der Waals surface area (Å²) < 4.78 is 4.92. The van der Waals surface area contributed by atoms with Gasteiger partial charge in [0.05, 0.1) is 6.61 Å². The van der Waals surface area contributed by atoms with Crippen LogP contribution in [0.5, 0.6) is 0 Å². The van der Waals surface area contributed by atoms with Crippen molar-refractivity contribution in [3.63, 3.8) is 0 Å². The van der Waals surface area contributed by atoms with Crippen LogP contribution in [0.3, 0.4) is 0 Å². The second-order valence-corrected chi connectivity index (χ2v) is 2.18. The Labute approximate surface area is 58.5 Å². The maximum atomic E-state index is 10.8. The van der Waals surface area contributed by atoms with Crippen LogP contribution < -0.4 is 5.32 Å². The summed E-state index contributed by atoms with van der Waals surface area (Å²) in [4.78, 5) is 21.1. The monoisotopic (exact) mass is 143 g/mol. The van der Waals surface area contributed by atoms with E-state index in [0.717, 1.165) is 0 Å². The smallest absolute Gasteiger partial charge is 0.235 e. The van der Waals surface area contributed by atoms with Gasteiger partial charge in [-0.25, -0.2) is 0 Å². The minimum Gasteiger partial charge on any atom is -0.346 e. The predicted octanol–water partition coefficient (Wildman–Crippen LogP) is -0.910. The Balaban J connectivity index is 2.76. The molecule has 0 aromatic rings. The number of ether oxygens (including phenoxy) is 1. The zero-order valence-electron chi connectivity index (χ0n) is 5.72. The van der Waals surface area contributed by atoms with E-state index >= 15 is 0 Å². The molecule has 1 saturated heterocycles. The highest BCUT2D eigenvalue weighted by Crippen LogP contribution is 2.09. The average molecular weight is 143 g/mol. The second kappa shape index (κ2) is 2.48. The van der Waals surface area contributed by atoms with Crippen molar-refractivity contribution >= 4 is 12.1 Å². The number of nitrogens with one attached hydrogen (secondary N) is 1. The maximum Gasteiger partial charge on any atom is 0.235 e. The molecule has 1 aliphatic heterocycles. The molecule has 0 spiro atoms. The van der Waals surface area contributed by atoms with Gasteiger partial charge in [-0.1, -0.05) is 0 Å². The summed E-state index contributed by atoms with van der Waals surface area (Å²) in [7, 11) is 0. The highest BCUT2D eigenvalue weighted by molar-refractivity contribution is 5.99. The number of hydrogen-bond donors (Lipinski definition) is 1. The zero-order valence-corrected chi connectivity index (χ0v) is 5.72. The van der Waals surface area contributed by atoms with Crippen LogP contribution >= 0.6 is 0 Å². The van der Waals surface area contributed by atoms with Crippen molar-refractivity contribution in [2.45, 2.75) is 12.6 Å². The van der Waals surface area contributed by atoms with Crippen LogP contribution in [0, 0.1) is 0 Å². The third-order valence-corrected chi connectivity index (χ3v) is 1.51. The van der Waals surface area contributed by atoms with Gasteiger partial charge < -0.3 is 4.74 Å². The standard InChI is InChI=1S/C6H9NO3/c1-5(9)6(4-8)7-2-3-10-6/h4,7H,2-3H2,1H3. The van der Waals surface area contributed by atoms with Gasteiger partial charge >= 0.3 is 0 Å². The quantitative estimate of drug-likeness (QED) is 0.401. The summed E-state index contributed by atoms with van der Waals surface area (Å²) >= 11 is 0. The van der Waals surface area contributed by atoms with Gasteiger partial charge in [0.15, 0.2) is 12.1 Å². The van der Waals surface area contributed by atoms with Crippen molar-refractivity contribution < 1.29 is 14.3 Å². The normalized spacial score (nSPS) is 32.1. The first-order valence-electron chi connectivity index (χ1n) is 3.07. The molecule has 0 saturated carbocycles. The first-order valence-corrected chi connectivity index (χ1v) is 3.07. The molecule has 1 heterocycles. The molecule has 0 radical (unpaired) electrons. The fourth-order valence-electron chi connectivity index (χ4n) is 0.885. The third-order valence-electron chi connectivity index (χ3n) is 1.51. The topological polar surface area (TPSA) is 55.4 Å². The molecule has 1 atom stereocenters. The van der Waals surface area contributed by atoms with E-state index in [1.807, 2.05) is 0 Å². The summed E-state index contributed by atoms with van der Waals surface area (Å²) in [5, 5.41) is 2.68. The SMILES string of the molecule is CC(=O)C1(C=O)NCCO1. The lowest BCUT2D eigenvalue weighted by molar-refractivity contribution is -0.145. The van der Waals surface area contributed by atoms with E-state index < -0.39 is 5.72 Å². The lowest BCUT2D eigenvalue weighted by Gasteiger charge is -2.16. The van der Waals surface area contributed by atoms with Crippen molar-refractivity contribution in [1.82, 2.24) is 5.32 Å². The number of rotatable bonds is 2. The van der Waals surface area contributed by atoms with E-state index in [1.165, 1.54) is 6.92 Å². The molecule has 1 unspecified atom stereocenters. The van der Waals surface area contributed by atoms with E-state index in [0.29, 0.717) is 19.4 Å². The van der Waals surface area contributed by atoms with Crippen molar-refractivity contribution in [3.8, 4) is 0 Å². The van der Waals surface area contributed by atoms with Crippen LogP contribution in [0.2, 0.25) is 0 Å². The molecule has 1 rings (SSSR count). The Bertz CT molecular complexity index is 160. The summed E-state index contributed by atoms with van der Waals surface area (Å²) in [6.07, 6.45) is 0.502. The highest BCUT2D eigenvalue weighted by Gasteiger charge is 2.39. The Hall–Kier alpha value is -0.740. The third kappa shape index (κ3) is 0.955. The van der Waals surface area contributed by atoms with E-state index in [9.17, 15) is 9.59 Å². The highest BCUT2D eigenvalue weighted by atomic mass is 16.5. The lowest BCUT2D eigenvalue weighted by atomic mass is 10.2. The predicted molar refractivity (Wildman–Crippen MR) is 33.4 cm³/mol. The first kappa shape index (κ1) is 7.37. The molecule has 1 fully saturated rings. The molecule has 10 heavy (non-hydrogen) atoms. The maximum absolute atomic E-state index is 10.8. The van der Waals surface area contributed by atoms with E-state index in [2.05, 4.69) is 5.32 Å². The number of ketones is 1. The Morgan fingerprint density at radius 1 is 1.80 bits per heavy atom. The van der Waals surface area contributed by atoms with Crippen molar-refractivity contribution in [3.05, 3.63) is 0 Å². The van der Waals surface area contributed by atoms with Gasteiger partial charge in [-0.05, 0) is 6.92 Å². The number of hydrogen-bond acceptors (Lipinski definition) is 4. The second-order valence-electron chi connectivity index (χ2n) is 2.18. The fourth-order valence-corrected chi connectivity index (χ4v) is 0.885. The minimum atomic E-state index is -1.33. The Kier molecular flexibility index (Phi) is 1.82. The average Bonchev–Trinajstić information content (AvgIpc) is 2.35. The number of carbonyl (C=O) groups is 2. The molecular formula is C6H9NO3. The molecular weight excluding hydrogens is 134 g/mol. The van der Waals surface area contributed by atoms with Crippen LogP contribution in [0.25, 0.3) is 0 Å². The molecule has 1 aliphatic rings. The Morgan fingerprint density at radius 2 is 2.50 bits per heavy atom. The van der Waals surface area contributed by atoms with Gasteiger partial charge in [0.25, 0.3) is 0 Å².